The van der Waals surface area contributed by atoms with E-state index in [-0.39, 0.29) is 19.3 Å². The maximum Gasteiger partial charge on any atom is 0.411 e. The van der Waals surface area contributed by atoms with Crippen LogP contribution in [0, 0.1) is 17.2 Å². The first kappa shape index (κ1) is 11.8. The van der Waals surface area contributed by atoms with Crippen LogP contribution in [0.1, 0.15) is 26.2 Å². The molecule has 1 rings (SSSR count). The van der Waals surface area contributed by atoms with Gasteiger partial charge in [-0.3, -0.25) is 4.79 Å². The number of nitrogens with one attached hydrogen (secondary N) is 1. The van der Waals surface area contributed by atoms with E-state index >= 15 is 0 Å². The lowest BCUT2D eigenvalue weighted by atomic mass is 10.1. The summed E-state index contributed by atoms with van der Waals surface area (Å²) in [5, 5.41) is 10.4. The number of nitrogens with zero attached hydrogens (tertiary/aromatic N) is 1. The van der Waals surface area contributed by atoms with E-state index in [4.69, 9.17) is 5.26 Å². The number of carbonyl (C=O) groups is 1. The predicted octanol–water partition coefficient (Wildman–Crippen LogP) is 1.75. The third-order valence-corrected chi connectivity index (χ3v) is 2.54. The van der Waals surface area contributed by atoms with E-state index in [0.717, 1.165) is 0 Å². The van der Waals surface area contributed by atoms with E-state index in [9.17, 15) is 18.0 Å². The first-order valence-electron chi connectivity index (χ1n) is 4.64. The van der Waals surface area contributed by atoms with E-state index in [0.29, 0.717) is 0 Å². The smallest absolute Gasteiger partial charge is 0.341 e. The lowest BCUT2D eigenvalue weighted by Gasteiger charge is -2.21. The second-order valence-corrected chi connectivity index (χ2v) is 3.66. The Morgan fingerprint density at radius 1 is 1.60 bits per heavy atom. The highest BCUT2D eigenvalue weighted by Gasteiger charge is 2.64. The van der Waals surface area contributed by atoms with Crippen molar-refractivity contribution in [1.82, 2.24) is 5.32 Å². The van der Waals surface area contributed by atoms with Gasteiger partial charge in [0.05, 0.1) is 6.07 Å². The average molecular weight is 220 g/mol. The van der Waals surface area contributed by atoms with Crippen LogP contribution in [0.15, 0.2) is 0 Å². The zero-order chi connectivity index (χ0) is 11.7. The van der Waals surface area contributed by atoms with Crippen molar-refractivity contribution in [2.45, 2.75) is 37.9 Å². The first-order valence-corrected chi connectivity index (χ1v) is 4.64. The van der Waals surface area contributed by atoms with Crippen LogP contribution >= 0.6 is 0 Å². The van der Waals surface area contributed by atoms with Crippen LogP contribution in [0.3, 0.4) is 0 Å². The number of halogens is 3. The van der Waals surface area contributed by atoms with Gasteiger partial charge < -0.3 is 5.32 Å². The van der Waals surface area contributed by atoms with Gasteiger partial charge in [0.15, 0.2) is 0 Å². The molecule has 1 atom stereocenters. The average Bonchev–Trinajstić information content (AvgIpc) is 2.86. The topological polar surface area (TPSA) is 52.9 Å². The number of alkyl halides is 3. The summed E-state index contributed by atoms with van der Waals surface area (Å²) in [6, 6.07) is 1.67. The number of amides is 1. The number of carbonyl (C=O) groups excluding carboxylic acids is 1. The molecule has 15 heavy (non-hydrogen) atoms. The van der Waals surface area contributed by atoms with Crippen LogP contribution in [0.2, 0.25) is 0 Å². The molecule has 1 fully saturated rings. The fourth-order valence-electron chi connectivity index (χ4n) is 1.26. The zero-order valence-corrected chi connectivity index (χ0v) is 8.19. The summed E-state index contributed by atoms with van der Waals surface area (Å²) in [5.41, 5.74) is -2.06. The van der Waals surface area contributed by atoms with Gasteiger partial charge in [-0.25, -0.2) is 0 Å². The van der Waals surface area contributed by atoms with Gasteiger partial charge in [-0.05, 0) is 19.3 Å². The molecule has 1 unspecified atom stereocenters. The number of nitriles is 1. The van der Waals surface area contributed by atoms with Crippen molar-refractivity contribution in [1.29, 1.82) is 5.26 Å². The Morgan fingerprint density at radius 2 is 2.13 bits per heavy atom. The van der Waals surface area contributed by atoms with Gasteiger partial charge in [0.25, 0.3) is 0 Å². The Hall–Kier alpha value is -1.25. The molecule has 0 aromatic rings. The lowest BCUT2D eigenvalue weighted by Crippen LogP contribution is -2.49. The molecular formula is C9H11F3N2O. The third kappa shape index (κ3) is 2.22. The molecular weight excluding hydrogens is 209 g/mol. The molecule has 0 saturated heterocycles. The minimum atomic E-state index is -4.42. The molecule has 0 spiro atoms. The third-order valence-electron chi connectivity index (χ3n) is 2.54. The van der Waals surface area contributed by atoms with Crippen LogP contribution < -0.4 is 5.32 Å². The van der Waals surface area contributed by atoms with Crippen molar-refractivity contribution >= 4 is 5.91 Å². The Balaban J connectivity index is 2.64. The lowest BCUT2D eigenvalue weighted by molar-refractivity contribution is -0.171. The molecule has 84 valence electrons. The second kappa shape index (κ2) is 3.72. The molecule has 0 aromatic carbocycles. The molecule has 1 amide bonds. The number of hydrogen-bond donors (Lipinski definition) is 1. The van der Waals surface area contributed by atoms with Crippen molar-refractivity contribution < 1.29 is 18.0 Å². The molecule has 0 aliphatic heterocycles. The van der Waals surface area contributed by atoms with E-state index in [2.05, 4.69) is 0 Å². The molecule has 1 aliphatic rings. The summed E-state index contributed by atoms with van der Waals surface area (Å²) in [6.45, 7) is 1.58. The van der Waals surface area contributed by atoms with Crippen LogP contribution in [-0.2, 0) is 4.79 Å². The summed E-state index contributed by atoms with van der Waals surface area (Å²) in [7, 11) is 0. The highest BCUT2D eigenvalue weighted by molar-refractivity contribution is 5.82. The summed E-state index contributed by atoms with van der Waals surface area (Å²) < 4.78 is 37.3. The van der Waals surface area contributed by atoms with Gasteiger partial charge in [0.1, 0.15) is 11.5 Å². The van der Waals surface area contributed by atoms with Gasteiger partial charge in [-0.1, -0.05) is 6.92 Å². The minimum Gasteiger partial charge on any atom is -0.341 e. The quantitative estimate of drug-likeness (QED) is 0.787. The monoisotopic (exact) mass is 220 g/mol. The predicted molar refractivity (Wildman–Crippen MR) is 45.6 cm³/mol. The van der Waals surface area contributed by atoms with E-state index < -0.39 is 23.5 Å². The molecule has 0 bridgehead atoms. The van der Waals surface area contributed by atoms with Gasteiger partial charge in [0, 0.05) is 0 Å². The summed E-state index contributed by atoms with van der Waals surface area (Å²) in [6.07, 6.45) is -4.39. The molecule has 0 heterocycles. The summed E-state index contributed by atoms with van der Waals surface area (Å²) in [4.78, 5) is 11.3. The van der Waals surface area contributed by atoms with E-state index in [1.54, 1.807) is 13.0 Å². The fourth-order valence-corrected chi connectivity index (χ4v) is 1.26. The number of hydrogen-bond acceptors (Lipinski definition) is 2. The summed E-state index contributed by atoms with van der Waals surface area (Å²) >= 11 is 0. The van der Waals surface area contributed by atoms with E-state index in [1.165, 1.54) is 0 Å². The summed E-state index contributed by atoms with van der Waals surface area (Å²) in [5.74, 6) is -1.82. The normalized spacial score (nSPS) is 20.2. The Morgan fingerprint density at radius 3 is 2.40 bits per heavy atom. The number of rotatable bonds is 3. The SMILES string of the molecule is CCC(C#N)C(=O)NC1(C(F)(F)F)CC1. The molecule has 0 radical (unpaired) electrons. The Kier molecular flexibility index (Phi) is 2.93. The van der Waals surface area contributed by atoms with Gasteiger partial charge in [-0.15, -0.1) is 0 Å². The molecule has 0 aromatic heterocycles. The minimum absolute atomic E-state index is 0.0932. The maximum atomic E-state index is 12.4. The molecule has 3 nitrogen and oxygen atoms in total. The second-order valence-electron chi connectivity index (χ2n) is 3.66. The Labute approximate surface area is 85.3 Å². The molecule has 6 heteroatoms. The zero-order valence-electron chi connectivity index (χ0n) is 8.19. The highest BCUT2D eigenvalue weighted by Crippen LogP contribution is 2.49. The van der Waals surface area contributed by atoms with Gasteiger partial charge >= 0.3 is 6.18 Å². The van der Waals surface area contributed by atoms with Crippen molar-refractivity contribution in [3.63, 3.8) is 0 Å². The van der Waals surface area contributed by atoms with Crippen molar-refractivity contribution in [3.05, 3.63) is 0 Å². The van der Waals surface area contributed by atoms with Gasteiger partial charge in [-0.2, -0.15) is 18.4 Å². The van der Waals surface area contributed by atoms with E-state index in [1.807, 2.05) is 5.32 Å². The maximum absolute atomic E-state index is 12.4. The molecule has 1 saturated carbocycles. The van der Waals surface area contributed by atoms with Crippen LogP contribution in [0.25, 0.3) is 0 Å². The largest absolute Gasteiger partial charge is 0.411 e. The van der Waals surface area contributed by atoms with Crippen molar-refractivity contribution in [2.24, 2.45) is 5.92 Å². The molecule has 1 aliphatic carbocycles. The molecule has 1 N–H and O–H groups in total. The van der Waals surface area contributed by atoms with Crippen molar-refractivity contribution in [3.8, 4) is 6.07 Å². The van der Waals surface area contributed by atoms with Crippen LogP contribution in [0.5, 0.6) is 0 Å². The standard InChI is InChI=1S/C9H11F3N2O/c1-2-6(5-13)7(15)14-8(3-4-8)9(10,11)12/h6H,2-4H2,1H3,(H,14,15). The van der Waals surface area contributed by atoms with Gasteiger partial charge in [0.2, 0.25) is 5.91 Å². The van der Waals surface area contributed by atoms with Crippen LogP contribution in [0.4, 0.5) is 13.2 Å². The first-order chi connectivity index (χ1) is 6.86. The fraction of sp³-hybridized carbons (Fsp3) is 0.778. The Bertz CT molecular complexity index is 301. The van der Waals surface area contributed by atoms with Crippen molar-refractivity contribution in [2.75, 3.05) is 0 Å². The van der Waals surface area contributed by atoms with Crippen LogP contribution in [-0.4, -0.2) is 17.6 Å². The highest BCUT2D eigenvalue weighted by atomic mass is 19.4.